The minimum absolute atomic E-state index is 0.0159. The van der Waals surface area contributed by atoms with Crippen LogP contribution in [-0.2, 0) is 19.1 Å². The predicted octanol–water partition coefficient (Wildman–Crippen LogP) is 1.89. The lowest BCUT2D eigenvalue weighted by Gasteiger charge is -2.18. The maximum Gasteiger partial charge on any atom is 0.358 e. The van der Waals surface area contributed by atoms with Gasteiger partial charge in [-0.25, -0.2) is 0 Å². The molecule has 0 aliphatic heterocycles. The molecule has 7 heteroatoms. The first kappa shape index (κ1) is 18.3. The number of hydrogen-bond donors (Lipinski definition) is 1. The normalized spacial score (nSPS) is 15.2. The number of aryl methyl sites for hydroxylation is 1. The van der Waals surface area contributed by atoms with Crippen LogP contribution < -0.4 is 0 Å². The van der Waals surface area contributed by atoms with Gasteiger partial charge in [-0.3, -0.25) is 4.28 Å². The number of aliphatic hydroxyl groups excluding tert-OH is 1. The van der Waals surface area contributed by atoms with Crippen LogP contribution >= 0.6 is 0 Å². The summed E-state index contributed by atoms with van der Waals surface area (Å²) in [5, 5.41) is 13.4. The zero-order chi connectivity index (χ0) is 16.8. The summed E-state index contributed by atoms with van der Waals surface area (Å²) in [4.78, 5) is 0.0159. The molecule has 6 nitrogen and oxygen atoms in total. The first-order valence-corrected chi connectivity index (χ1v) is 8.07. The molecule has 0 amide bonds. The molecule has 0 aromatic heterocycles. The van der Waals surface area contributed by atoms with Gasteiger partial charge in [0.05, 0.1) is 24.3 Å². The summed E-state index contributed by atoms with van der Waals surface area (Å²) in [6.45, 7) is 7.06. The van der Waals surface area contributed by atoms with Crippen LogP contribution in [0.2, 0.25) is 0 Å². The lowest BCUT2D eigenvalue weighted by Crippen LogP contribution is -2.29. The third-order valence-corrected chi connectivity index (χ3v) is 4.25. The van der Waals surface area contributed by atoms with E-state index in [0.717, 1.165) is 5.56 Å². The van der Waals surface area contributed by atoms with Crippen LogP contribution in [0.1, 0.15) is 12.5 Å². The molecule has 22 heavy (non-hydrogen) atoms. The number of ether oxygens (including phenoxy) is 1. The second-order valence-corrected chi connectivity index (χ2v) is 6.39. The largest absolute Gasteiger partial charge is 0.388 e. The van der Waals surface area contributed by atoms with Crippen LogP contribution in [0.25, 0.3) is 0 Å². The highest BCUT2D eigenvalue weighted by Gasteiger charge is 2.22. The maximum absolute atomic E-state index is 12.0. The van der Waals surface area contributed by atoms with Gasteiger partial charge in [0.15, 0.2) is 0 Å². The molecule has 0 fully saturated rings. The van der Waals surface area contributed by atoms with Gasteiger partial charge in [0.1, 0.15) is 4.90 Å². The molecule has 1 aromatic carbocycles. The molecular weight excluding hydrogens is 306 g/mol. The second-order valence-electron chi connectivity index (χ2n) is 4.86. The molecule has 0 saturated heterocycles. The van der Waals surface area contributed by atoms with Crippen molar-refractivity contribution in [2.24, 2.45) is 11.1 Å². The third-order valence-electron chi connectivity index (χ3n) is 3.13. The molecule has 1 N–H and O–H groups in total. The summed E-state index contributed by atoms with van der Waals surface area (Å²) < 4.78 is 33.7. The molecule has 0 spiro atoms. The minimum atomic E-state index is -3.99. The number of rotatable bonds is 8. The average molecular weight is 327 g/mol. The fraction of sp³-hybridized carbons (Fsp3) is 0.400. The zero-order valence-corrected chi connectivity index (χ0v) is 13.7. The Morgan fingerprint density at radius 2 is 2.00 bits per heavy atom. The topological polar surface area (TPSA) is 85.2 Å². The van der Waals surface area contributed by atoms with Gasteiger partial charge in [0.25, 0.3) is 0 Å². The summed E-state index contributed by atoms with van der Waals surface area (Å²) in [6.07, 6.45) is 0.423. The van der Waals surface area contributed by atoms with Gasteiger partial charge in [-0.05, 0) is 26.0 Å². The molecule has 1 aromatic rings. The van der Waals surface area contributed by atoms with Gasteiger partial charge >= 0.3 is 10.1 Å². The van der Waals surface area contributed by atoms with Crippen molar-refractivity contribution in [2.75, 3.05) is 13.7 Å². The van der Waals surface area contributed by atoms with Gasteiger partial charge < -0.3 is 9.84 Å². The summed E-state index contributed by atoms with van der Waals surface area (Å²) in [7, 11) is -2.52. The summed E-state index contributed by atoms with van der Waals surface area (Å²) >= 11 is 0. The molecule has 0 radical (unpaired) electrons. The molecule has 0 saturated carbocycles. The quantitative estimate of drug-likeness (QED) is 0.448. The molecule has 0 bridgehead atoms. The lowest BCUT2D eigenvalue weighted by molar-refractivity contribution is 0.105. The zero-order valence-electron chi connectivity index (χ0n) is 12.9. The lowest BCUT2D eigenvalue weighted by atomic mass is 9.99. The van der Waals surface area contributed by atoms with E-state index in [4.69, 9.17) is 9.02 Å². The second kappa shape index (κ2) is 8.07. The molecule has 0 aliphatic carbocycles. The number of benzene rings is 1. The smallest absolute Gasteiger partial charge is 0.358 e. The van der Waals surface area contributed by atoms with E-state index in [1.807, 2.05) is 6.92 Å². The standard InChI is InChI=1S/C15H21NO5S/c1-5-15(17)14(10-20-4)12(3)16-21-22(18,19)13-8-6-11(2)7-9-13/h5-9,14-15,17H,1,10H2,2-4H3. The Balaban J connectivity index is 2.92. The van der Waals surface area contributed by atoms with Crippen LogP contribution in [0.15, 0.2) is 47.0 Å². The fourth-order valence-electron chi connectivity index (χ4n) is 1.73. The maximum atomic E-state index is 12.0. The fourth-order valence-corrected chi connectivity index (χ4v) is 2.50. The van der Waals surface area contributed by atoms with Gasteiger partial charge in [-0.1, -0.05) is 28.9 Å². The van der Waals surface area contributed by atoms with Crippen molar-refractivity contribution in [3.05, 3.63) is 42.5 Å². The highest BCUT2D eigenvalue weighted by atomic mass is 32.2. The Bertz CT molecular complexity index is 622. The van der Waals surface area contributed by atoms with Gasteiger partial charge in [-0.2, -0.15) is 8.42 Å². The Morgan fingerprint density at radius 1 is 1.41 bits per heavy atom. The van der Waals surface area contributed by atoms with Crippen LogP contribution in [0.5, 0.6) is 0 Å². The number of hydrogen-bond acceptors (Lipinski definition) is 6. The van der Waals surface area contributed by atoms with Crippen LogP contribution in [0.3, 0.4) is 0 Å². The number of methoxy groups -OCH3 is 1. The van der Waals surface area contributed by atoms with Crippen molar-refractivity contribution in [3.8, 4) is 0 Å². The van der Waals surface area contributed by atoms with E-state index in [9.17, 15) is 13.5 Å². The Hall–Kier alpha value is -1.70. The van der Waals surface area contributed by atoms with E-state index in [1.54, 1.807) is 19.1 Å². The van der Waals surface area contributed by atoms with Gasteiger partial charge in [0.2, 0.25) is 0 Å². The van der Waals surface area contributed by atoms with E-state index < -0.39 is 22.1 Å². The van der Waals surface area contributed by atoms with E-state index in [1.165, 1.54) is 25.3 Å². The summed E-state index contributed by atoms with van der Waals surface area (Å²) in [6, 6.07) is 6.23. The van der Waals surface area contributed by atoms with E-state index in [0.29, 0.717) is 5.71 Å². The molecule has 2 atom stereocenters. The molecule has 122 valence electrons. The first-order valence-electron chi connectivity index (χ1n) is 6.66. The van der Waals surface area contributed by atoms with Crippen molar-refractivity contribution in [1.82, 2.24) is 0 Å². The molecule has 0 heterocycles. The Kier molecular flexibility index (Phi) is 6.73. The van der Waals surface area contributed by atoms with Crippen LogP contribution in [0.4, 0.5) is 0 Å². The average Bonchev–Trinajstić information content (AvgIpc) is 2.50. The monoisotopic (exact) mass is 327 g/mol. The van der Waals surface area contributed by atoms with Crippen LogP contribution in [-0.4, -0.2) is 39.1 Å². The van der Waals surface area contributed by atoms with Crippen molar-refractivity contribution in [2.45, 2.75) is 24.8 Å². The molecule has 2 unspecified atom stereocenters. The van der Waals surface area contributed by atoms with Crippen molar-refractivity contribution >= 4 is 15.8 Å². The predicted molar refractivity (Wildman–Crippen MR) is 84.1 cm³/mol. The van der Waals surface area contributed by atoms with Crippen molar-refractivity contribution in [3.63, 3.8) is 0 Å². The summed E-state index contributed by atoms with van der Waals surface area (Å²) in [5.74, 6) is -0.532. The molecule has 1 rings (SSSR count). The van der Waals surface area contributed by atoms with Crippen molar-refractivity contribution < 1.29 is 22.5 Å². The highest BCUT2D eigenvalue weighted by molar-refractivity contribution is 7.86. The Labute approximate surface area is 131 Å². The molecule has 0 aliphatic rings. The van der Waals surface area contributed by atoms with E-state index >= 15 is 0 Å². The van der Waals surface area contributed by atoms with Gasteiger partial charge in [0, 0.05) is 7.11 Å². The SMILES string of the molecule is C=CC(O)C(COC)C(C)=NOS(=O)(=O)c1ccc(C)cc1. The van der Waals surface area contributed by atoms with Crippen LogP contribution in [0, 0.1) is 12.8 Å². The van der Waals surface area contributed by atoms with E-state index in [2.05, 4.69) is 11.7 Å². The number of oxime groups is 1. The highest BCUT2D eigenvalue weighted by Crippen LogP contribution is 2.15. The van der Waals surface area contributed by atoms with Crippen molar-refractivity contribution in [1.29, 1.82) is 0 Å². The Morgan fingerprint density at radius 3 is 2.50 bits per heavy atom. The first-order chi connectivity index (χ1) is 10.3. The number of nitrogens with zero attached hydrogens (tertiary/aromatic N) is 1. The minimum Gasteiger partial charge on any atom is -0.388 e. The van der Waals surface area contributed by atoms with Gasteiger partial charge in [-0.15, -0.1) is 6.58 Å². The molecular formula is C15H21NO5S. The number of aliphatic hydroxyl groups is 1. The third kappa shape index (κ3) is 4.94. The van der Waals surface area contributed by atoms with E-state index in [-0.39, 0.29) is 11.5 Å². The summed E-state index contributed by atoms with van der Waals surface area (Å²) in [5.41, 5.74) is 1.23.